The Hall–Kier alpha value is -4.60. The zero-order valence-corrected chi connectivity index (χ0v) is 17.6. The number of hydrogen-bond donors (Lipinski definition) is 2. The molecule has 2 heterocycles. The molecule has 10 heteroatoms. The van der Waals surface area contributed by atoms with Gasteiger partial charge in [0.2, 0.25) is 6.29 Å². The number of amides is 1. The van der Waals surface area contributed by atoms with Gasteiger partial charge in [0, 0.05) is 12.6 Å². The number of carbonyl (C=O) groups is 2. The number of halogens is 1. The van der Waals surface area contributed by atoms with Gasteiger partial charge in [-0.3, -0.25) is 14.3 Å². The first-order valence-electron chi connectivity index (χ1n) is 9.92. The van der Waals surface area contributed by atoms with Crippen molar-refractivity contribution in [1.82, 2.24) is 19.7 Å². The van der Waals surface area contributed by atoms with E-state index in [0.717, 1.165) is 10.5 Å². The molecule has 1 amide bonds. The molecule has 4 N–H and O–H groups in total. The van der Waals surface area contributed by atoms with Gasteiger partial charge in [0.25, 0.3) is 5.91 Å². The van der Waals surface area contributed by atoms with Gasteiger partial charge in [-0.2, -0.15) is 5.10 Å². The van der Waals surface area contributed by atoms with Gasteiger partial charge >= 0.3 is 0 Å². The molecule has 0 aliphatic rings. The number of nitrogens with two attached hydrogens (primary N) is 2. The average molecular weight is 445 g/mol. The zero-order chi connectivity index (χ0) is 23.5. The van der Waals surface area contributed by atoms with Crippen molar-refractivity contribution in [1.29, 1.82) is 0 Å². The Balaban J connectivity index is 1.80. The van der Waals surface area contributed by atoms with Gasteiger partial charge < -0.3 is 16.4 Å². The van der Waals surface area contributed by atoms with E-state index in [0.29, 0.717) is 17.0 Å². The summed E-state index contributed by atoms with van der Waals surface area (Å²) >= 11 is 0. The topological polar surface area (TPSA) is 133 Å². The van der Waals surface area contributed by atoms with Crippen LogP contribution in [0.3, 0.4) is 0 Å². The molecular formula is C23H20FN7O2. The molecule has 0 atom stereocenters. The van der Waals surface area contributed by atoms with Crippen molar-refractivity contribution in [3.05, 3.63) is 72.0 Å². The van der Waals surface area contributed by atoms with Crippen LogP contribution in [0.1, 0.15) is 5.56 Å². The van der Waals surface area contributed by atoms with Gasteiger partial charge in [-0.15, -0.1) is 0 Å². The van der Waals surface area contributed by atoms with Crippen molar-refractivity contribution in [2.24, 2.45) is 0 Å². The molecule has 0 unspecified atom stereocenters. The van der Waals surface area contributed by atoms with E-state index in [1.54, 1.807) is 28.9 Å². The summed E-state index contributed by atoms with van der Waals surface area (Å²) in [6.07, 6.45) is 0.142. The summed E-state index contributed by atoms with van der Waals surface area (Å²) in [5, 5.41) is 4.58. The van der Waals surface area contributed by atoms with Crippen molar-refractivity contribution in [3.63, 3.8) is 0 Å². The van der Waals surface area contributed by atoms with Gasteiger partial charge in [0.15, 0.2) is 17.5 Å². The highest BCUT2D eigenvalue weighted by atomic mass is 19.1. The molecule has 0 aliphatic heterocycles. The maximum atomic E-state index is 14.3. The summed E-state index contributed by atoms with van der Waals surface area (Å²) in [7, 11) is 1.35. The Morgan fingerprint density at radius 3 is 2.33 bits per heavy atom. The van der Waals surface area contributed by atoms with Crippen LogP contribution in [0.15, 0.2) is 60.7 Å². The van der Waals surface area contributed by atoms with E-state index in [-0.39, 0.29) is 41.8 Å². The maximum Gasteiger partial charge on any atom is 0.291 e. The van der Waals surface area contributed by atoms with Crippen molar-refractivity contribution in [3.8, 4) is 22.8 Å². The SMILES string of the molecule is CN(C(=O)C=O)c1c(N)nc(-c2cc(-c3ccccc3)n(Cc3ccccc3F)n2)nc1N. The van der Waals surface area contributed by atoms with Gasteiger partial charge in [-0.1, -0.05) is 48.5 Å². The van der Waals surface area contributed by atoms with E-state index in [2.05, 4.69) is 15.1 Å². The smallest absolute Gasteiger partial charge is 0.291 e. The molecule has 0 saturated heterocycles. The van der Waals surface area contributed by atoms with Crippen LogP contribution < -0.4 is 16.4 Å². The number of aromatic nitrogens is 4. The number of nitrogen functional groups attached to an aromatic ring is 2. The van der Waals surface area contributed by atoms with E-state index in [1.165, 1.54) is 13.1 Å². The number of hydrogen-bond acceptors (Lipinski definition) is 7. The molecule has 9 nitrogen and oxygen atoms in total. The molecule has 2 aromatic carbocycles. The lowest BCUT2D eigenvalue weighted by Gasteiger charge is -2.17. The number of carbonyl (C=O) groups excluding carboxylic acids is 2. The summed E-state index contributed by atoms with van der Waals surface area (Å²) < 4.78 is 16.0. The normalized spacial score (nSPS) is 10.7. The summed E-state index contributed by atoms with van der Waals surface area (Å²) in [6, 6.07) is 17.7. The number of likely N-dealkylation sites (N-methyl/N-ethyl adjacent to an activating group) is 1. The third kappa shape index (κ3) is 4.26. The Labute approximate surface area is 188 Å². The Kier molecular flexibility index (Phi) is 5.81. The largest absolute Gasteiger partial charge is 0.382 e. The summed E-state index contributed by atoms with van der Waals surface area (Å²) in [5.74, 6) is -1.22. The van der Waals surface area contributed by atoms with Crippen LogP contribution in [-0.2, 0) is 16.1 Å². The minimum absolute atomic E-state index is 0.0323. The van der Waals surface area contributed by atoms with Crippen molar-refractivity contribution in [2.75, 3.05) is 23.4 Å². The fourth-order valence-corrected chi connectivity index (χ4v) is 3.41. The monoisotopic (exact) mass is 445 g/mol. The van der Waals surface area contributed by atoms with Gasteiger partial charge in [-0.25, -0.2) is 14.4 Å². The van der Waals surface area contributed by atoms with Gasteiger partial charge in [0.05, 0.1) is 12.2 Å². The molecule has 0 fully saturated rings. The standard InChI is InChI=1S/C23H20FN7O2/c1-30(19(33)13-32)20-21(25)27-23(28-22(20)26)17-11-18(14-7-3-2-4-8-14)31(29-17)12-15-9-5-6-10-16(15)24/h2-11,13H,12H2,1H3,(H4,25,26,27,28). The highest BCUT2D eigenvalue weighted by Crippen LogP contribution is 2.31. The Morgan fingerprint density at radius 2 is 1.70 bits per heavy atom. The van der Waals surface area contributed by atoms with Crippen LogP contribution in [0.5, 0.6) is 0 Å². The van der Waals surface area contributed by atoms with Gasteiger partial charge in [0.1, 0.15) is 17.2 Å². The molecule has 0 spiro atoms. The minimum Gasteiger partial charge on any atom is -0.382 e. The first-order chi connectivity index (χ1) is 15.9. The van der Waals surface area contributed by atoms with Crippen LogP contribution in [0.2, 0.25) is 0 Å². The molecule has 0 saturated carbocycles. The quantitative estimate of drug-likeness (QED) is 0.344. The summed E-state index contributed by atoms with van der Waals surface area (Å²) in [4.78, 5) is 32.0. The first kappa shape index (κ1) is 21.6. The van der Waals surface area contributed by atoms with Crippen LogP contribution in [0.4, 0.5) is 21.7 Å². The molecule has 2 aromatic heterocycles. The molecule has 33 heavy (non-hydrogen) atoms. The van der Waals surface area contributed by atoms with Gasteiger partial charge in [-0.05, 0) is 17.7 Å². The van der Waals surface area contributed by atoms with E-state index in [4.69, 9.17) is 11.5 Å². The fraction of sp³-hybridized carbons (Fsp3) is 0.0870. The number of benzene rings is 2. The van der Waals surface area contributed by atoms with Crippen molar-refractivity contribution in [2.45, 2.75) is 6.54 Å². The number of nitrogens with zero attached hydrogens (tertiary/aromatic N) is 5. The second-order valence-electron chi connectivity index (χ2n) is 7.21. The lowest BCUT2D eigenvalue weighted by Crippen LogP contribution is -2.29. The van der Waals surface area contributed by atoms with E-state index >= 15 is 0 Å². The predicted molar refractivity (Wildman–Crippen MR) is 122 cm³/mol. The zero-order valence-electron chi connectivity index (χ0n) is 17.6. The van der Waals surface area contributed by atoms with Crippen molar-refractivity contribution >= 4 is 29.5 Å². The Morgan fingerprint density at radius 1 is 1.06 bits per heavy atom. The average Bonchev–Trinajstić information content (AvgIpc) is 3.24. The predicted octanol–water partition coefficient (Wildman–Crippen LogP) is 2.52. The Bertz CT molecular complexity index is 1310. The lowest BCUT2D eigenvalue weighted by atomic mass is 10.1. The third-order valence-electron chi connectivity index (χ3n) is 5.06. The summed E-state index contributed by atoms with van der Waals surface area (Å²) in [5.41, 5.74) is 14.5. The van der Waals surface area contributed by atoms with Crippen LogP contribution in [0.25, 0.3) is 22.8 Å². The lowest BCUT2D eigenvalue weighted by molar-refractivity contribution is -0.129. The number of anilines is 3. The van der Waals surface area contributed by atoms with E-state index in [1.807, 2.05) is 30.3 Å². The third-order valence-corrected chi connectivity index (χ3v) is 5.06. The summed E-state index contributed by atoms with van der Waals surface area (Å²) in [6.45, 7) is 0.177. The van der Waals surface area contributed by atoms with E-state index < -0.39 is 5.91 Å². The number of rotatable bonds is 6. The van der Waals surface area contributed by atoms with E-state index in [9.17, 15) is 14.0 Å². The fourth-order valence-electron chi connectivity index (χ4n) is 3.41. The highest BCUT2D eigenvalue weighted by molar-refractivity contribution is 6.31. The molecule has 4 aromatic rings. The molecule has 4 rings (SSSR count). The number of aldehydes is 1. The minimum atomic E-state index is -0.842. The molecular weight excluding hydrogens is 425 g/mol. The van der Waals surface area contributed by atoms with Crippen molar-refractivity contribution < 1.29 is 14.0 Å². The second kappa shape index (κ2) is 8.87. The first-order valence-corrected chi connectivity index (χ1v) is 9.92. The molecule has 0 aliphatic carbocycles. The molecule has 0 bridgehead atoms. The van der Waals surface area contributed by atoms with Crippen LogP contribution in [0, 0.1) is 5.82 Å². The maximum absolute atomic E-state index is 14.3. The van der Waals surface area contributed by atoms with Crippen LogP contribution >= 0.6 is 0 Å². The molecule has 0 radical (unpaired) electrons. The highest BCUT2D eigenvalue weighted by Gasteiger charge is 2.21. The molecule has 166 valence electrons. The van der Waals surface area contributed by atoms with Crippen LogP contribution in [-0.4, -0.2) is 39.0 Å². The second-order valence-corrected chi connectivity index (χ2v) is 7.21.